The zero-order chi connectivity index (χ0) is 11.4. The van der Waals surface area contributed by atoms with Gasteiger partial charge in [-0.1, -0.05) is 12.8 Å². The molecule has 0 aromatic rings. The second-order valence-corrected chi connectivity index (χ2v) is 5.51. The number of aliphatic hydroxyl groups excluding tert-OH is 1. The summed E-state index contributed by atoms with van der Waals surface area (Å²) in [5, 5.41) is 12.7. The van der Waals surface area contributed by atoms with Crippen LogP contribution < -0.4 is 5.32 Å². The van der Waals surface area contributed by atoms with Crippen molar-refractivity contribution >= 4 is 0 Å². The fourth-order valence-electron chi connectivity index (χ4n) is 3.08. The summed E-state index contributed by atoms with van der Waals surface area (Å²) in [6, 6.07) is 1.52. The Balaban J connectivity index is 1.65. The second-order valence-electron chi connectivity index (χ2n) is 5.51. The standard InChI is InChI=1S/C13H26N2O/c1-11(16)10-14-12-6-8-15(9-7-12)13-4-2-3-5-13/h11-14,16H,2-10H2,1H3/t11-/m0/s1. The lowest BCUT2D eigenvalue weighted by molar-refractivity contribution is 0.133. The molecule has 1 aliphatic heterocycles. The molecule has 0 aromatic heterocycles. The molecule has 3 heteroatoms. The highest BCUT2D eigenvalue weighted by Gasteiger charge is 2.26. The van der Waals surface area contributed by atoms with Gasteiger partial charge in [0.1, 0.15) is 0 Å². The van der Waals surface area contributed by atoms with Crippen molar-refractivity contribution < 1.29 is 5.11 Å². The first kappa shape index (κ1) is 12.3. The van der Waals surface area contributed by atoms with Crippen molar-refractivity contribution in [1.82, 2.24) is 10.2 Å². The van der Waals surface area contributed by atoms with Crippen LogP contribution in [0.1, 0.15) is 45.4 Å². The van der Waals surface area contributed by atoms with Gasteiger partial charge in [0.25, 0.3) is 0 Å². The van der Waals surface area contributed by atoms with Crippen LogP contribution in [0.4, 0.5) is 0 Å². The molecule has 2 N–H and O–H groups in total. The lowest BCUT2D eigenvalue weighted by Gasteiger charge is -2.36. The van der Waals surface area contributed by atoms with Gasteiger partial charge < -0.3 is 15.3 Å². The highest BCUT2D eigenvalue weighted by Crippen LogP contribution is 2.25. The van der Waals surface area contributed by atoms with Gasteiger partial charge in [0.05, 0.1) is 6.10 Å². The Hall–Kier alpha value is -0.120. The number of piperidine rings is 1. The van der Waals surface area contributed by atoms with Crippen LogP contribution in [-0.4, -0.2) is 47.8 Å². The van der Waals surface area contributed by atoms with Crippen LogP contribution in [0.5, 0.6) is 0 Å². The van der Waals surface area contributed by atoms with Crippen molar-refractivity contribution in [3.8, 4) is 0 Å². The Morgan fingerprint density at radius 3 is 2.38 bits per heavy atom. The molecular formula is C13H26N2O. The smallest absolute Gasteiger partial charge is 0.0636 e. The van der Waals surface area contributed by atoms with Gasteiger partial charge in [0, 0.05) is 18.6 Å². The zero-order valence-electron chi connectivity index (χ0n) is 10.5. The molecule has 0 amide bonds. The maximum atomic E-state index is 9.23. The van der Waals surface area contributed by atoms with Crippen molar-refractivity contribution in [2.75, 3.05) is 19.6 Å². The SMILES string of the molecule is C[C@H](O)CNC1CCN(C2CCCC2)CC1. The molecule has 2 rings (SSSR count). The zero-order valence-corrected chi connectivity index (χ0v) is 10.5. The predicted octanol–water partition coefficient (Wildman–Crippen LogP) is 1.36. The number of hydrogen-bond donors (Lipinski definition) is 2. The minimum Gasteiger partial charge on any atom is -0.392 e. The Morgan fingerprint density at radius 2 is 1.81 bits per heavy atom. The third kappa shape index (κ3) is 3.44. The van der Waals surface area contributed by atoms with E-state index in [-0.39, 0.29) is 6.10 Å². The molecule has 1 aliphatic carbocycles. The van der Waals surface area contributed by atoms with E-state index in [1.54, 1.807) is 0 Å². The van der Waals surface area contributed by atoms with Crippen molar-refractivity contribution in [2.24, 2.45) is 0 Å². The first-order valence-electron chi connectivity index (χ1n) is 6.91. The van der Waals surface area contributed by atoms with Crippen molar-refractivity contribution in [2.45, 2.75) is 63.6 Å². The molecule has 1 heterocycles. The van der Waals surface area contributed by atoms with Gasteiger partial charge in [-0.3, -0.25) is 0 Å². The fourth-order valence-corrected chi connectivity index (χ4v) is 3.08. The number of likely N-dealkylation sites (tertiary alicyclic amines) is 1. The third-order valence-electron chi connectivity index (χ3n) is 4.07. The molecule has 3 nitrogen and oxygen atoms in total. The lowest BCUT2D eigenvalue weighted by atomic mass is 10.0. The van der Waals surface area contributed by atoms with Crippen molar-refractivity contribution in [3.05, 3.63) is 0 Å². The summed E-state index contributed by atoms with van der Waals surface area (Å²) in [6.07, 6.45) is 8.01. The maximum absolute atomic E-state index is 9.23. The molecule has 94 valence electrons. The van der Waals surface area contributed by atoms with E-state index in [9.17, 15) is 5.11 Å². The van der Waals surface area contributed by atoms with E-state index in [0.717, 1.165) is 12.6 Å². The van der Waals surface area contributed by atoms with E-state index in [1.807, 2.05) is 6.92 Å². The van der Waals surface area contributed by atoms with Crippen LogP contribution in [0.2, 0.25) is 0 Å². The molecule has 1 saturated carbocycles. The lowest BCUT2D eigenvalue weighted by Crippen LogP contribution is -2.47. The van der Waals surface area contributed by atoms with Gasteiger partial charge in [-0.25, -0.2) is 0 Å². The molecule has 0 bridgehead atoms. The average molecular weight is 226 g/mol. The Bertz CT molecular complexity index is 194. The molecule has 16 heavy (non-hydrogen) atoms. The van der Waals surface area contributed by atoms with E-state index >= 15 is 0 Å². The normalized spacial score (nSPS) is 27.4. The van der Waals surface area contributed by atoms with Crippen molar-refractivity contribution in [3.63, 3.8) is 0 Å². The summed E-state index contributed by atoms with van der Waals surface area (Å²) >= 11 is 0. The summed E-state index contributed by atoms with van der Waals surface area (Å²) in [5.41, 5.74) is 0. The molecule has 0 spiro atoms. The van der Waals surface area contributed by atoms with Crippen LogP contribution in [0.15, 0.2) is 0 Å². The van der Waals surface area contributed by atoms with Crippen LogP contribution in [0, 0.1) is 0 Å². The Kier molecular flexibility index (Phi) is 4.62. The monoisotopic (exact) mass is 226 g/mol. The summed E-state index contributed by atoms with van der Waals surface area (Å²) in [5.74, 6) is 0. The van der Waals surface area contributed by atoms with Crippen LogP contribution in [0.25, 0.3) is 0 Å². The van der Waals surface area contributed by atoms with E-state index in [4.69, 9.17) is 0 Å². The summed E-state index contributed by atoms with van der Waals surface area (Å²) in [4.78, 5) is 2.69. The van der Waals surface area contributed by atoms with E-state index in [0.29, 0.717) is 6.04 Å². The molecule has 1 atom stereocenters. The van der Waals surface area contributed by atoms with E-state index in [1.165, 1.54) is 51.6 Å². The van der Waals surface area contributed by atoms with Gasteiger partial charge in [-0.05, 0) is 45.7 Å². The third-order valence-corrected chi connectivity index (χ3v) is 4.07. The molecular weight excluding hydrogens is 200 g/mol. The second kappa shape index (κ2) is 5.99. The number of hydrogen-bond acceptors (Lipinski definition) is 3. The predicted molar refractivity (Wildman–Crippen MR) is 66.5 cm³/mol. The minimum absolute atomic E-state index is 0.215. The number of nitrogens with zero attached hydrogens (tertiary/aromatic N) is 1. The number of rotatable bonds is 4. The molecule has 0 aromatic carbocycles. The highest BCUT2D eigenvalue weighted by atomic mass is 16.3. The Morgan fingerprint density at radius 1 is 1.19 bits per heavy atom. The Labute approximate surface area is 99.2 Å². The van der Waals surface area contributed by atoms with Gasteiger partial charge >= 0.3 is 0 Å². The summed E-state index contributed by atoms with van der Waals surface area (Å²) in [6.45, 7) is 5.10. The summed E-state index contributed by atoms with van der Waals surface area (Å²) < 4.78 is 0. The summed E-state index contributed by atoms with van der Waals surface area (Å²) in [7, 11) is 0. The minimum atomic E-state index is -0.215. The van der Waals surface area contributed by atoms with Gasteiger partial charge in [-0.15, -0.1) is 0 Å². The maximum Gasteiger partial charge on any atom is 0.0636 e. The first-order valence-corrected chi connectivity index (χ1v) is 6.91. The number of aliphatic hydroxyl groups is 1. The van der Waals surface area contributed by atoms with E-state index < -0.39 is 0 Å². The van der Waals surface area contributed by atoms with Crippen molar-refractivity contribution in [1.29, 1.82) is 0 Å². The molecule has 1 saturated heterocycles. The molecule has 2 aliphatic rings. The van der Waals surface area contributed by atoms with Gasteiger partial charge in [-0.2, -0.15) is 0 Å². The first-order chi connectivity index (χ1) is 7.75. The van der Waals surface area contributed by atoms with Gasteiger partial charge in [0.15, 0.2) is 0 Å². The topological polar surface area (TPSA) is 35.5 Å². The fraction of sp³-hybridized carbons (Fsp3) is 1.00. The largest absolute Gasteiger partial charge is 0.392 e. The highest BCUT2D eigenvalue weighted by molar-refractivity contribution is 4.84. The van der Waals surface area contributed by atoms with Gasteiger partial charge in [0.2, 0.25) is 0 Å². The molecule has 0 unspecified atom stereocenters. The van der Waals surface area contributed by atoms with Crippen LogP contribution >= 0.6 is 0 Å². The number of nitrogens with one attached hydrogen (secondary N) is 1. The van der Waals surface area contributed by atoms with E-state index in [2.05, 4.69) is 10.2 Å². The molecule has 2 fully saturated rings. The average Bonchev–Trinajstić information content (AvgIpc) is 2.80. The quantitative estimate of drug-likeness (QED) is 0.760. The van der Waals surface area contributed by atoms with Crippen LogP contribution in [0.3, 0.4) is 0 Å². The van der Waals surface area contributed by atoms with Crippen LogP contribution in [-0.2, 0) is 0 Å². The molecule has 0 radical (unpaired) electrons.